The summed E-state index contributed by atoms with van der Waals surface area (Å²) in [5.74, 6) is 0.210. The number of amides is 1. The van der Waals surface area contributed by atoms with Crippen molar-refractivity contribution in [1.82, 2.24) is 0 Å². The fourth-order valence-electron chi connectivity index (χ4n) is 2.75. The third-order valence-corrected chi connectivity index (χ3v) is 6.44. The van der Waals surface area contributed by atoms with E-state index in [0.29, 0.717) is 22.6 Å². The highest BCUT2D eigenvalue weighted by atomic mass is 127. The molecule has 3 aromatic carbocycles. The molecule has 32 heavy (non-hydrogen) atoms. The summed E-state index contributed by atoms with van der Waals surface area (Å²) in [6.45, 7) is 0.268. The van der Waals surface area contributed by atoms with Crippen molar-refractivity contribution in [3.05, 3.63) is 94.5 Å². The number of nitrogens with one attached hydrogen (secondary N) is 1. The number of hydrogen-bond donors (Lipinski definition) is 1. The highest BCUT2D eigenvalue weighted by molar-refractivity contribution is 14.1. The zero-order chi connectivity index (χ0) is 23.1. The van der Waals surface area contributed by atoms with E-state index in [0.717, 1.165) is 17.2 Å². The predicted octanol–water partition coefficient (Wildman–Crippen LogP) is 6.65. The van der Waals surface area contributed by atoms with Gasteiger partial charge in [-0.15, -0.1) is 0 Å². The van der Waals surface area contributed by atoms with Gasteiger partial charge in [0.2, 0.25) is 0 Å². The van der Waals surface area contributed by atoms with Crippen molar-refractivity contribution in [2.75, 3.05) is 5.32 Å². The number of anilines is 1. The van der Waals surface area contributed by atoms with Crippen molar-refractivity contribution in [2.24, 2.45) is 0 Å². The molecule has 0 fully saturated rings. The van der Waals surface area contributed by atoms with Crippen LogP contribution in [0.3, 0.4) is 0 Å². The van der Waals surface area contributed by atoms with Crippen LogP contribution in [-0.2, 0) is 11.4 Å². The largest absolute Gasteiger partial charge is 0.487 e. The molecule has 1 N–H and O–H groups in total. The molecule has 158 valence electrons. The lowest BCUT2D eigenvalue weighted by Gasteiger charge is -2.12. The van der Waals surface area contributed by atoms with Crippen LogP contribution in [-0.4, -0.2) is 5.91 Å². The molecule has 3 aromatic rings. The minimum Gasteiger partial charge on any atom is -0.487 e. The van der Waals surface area contributed by atoms with Gasteiger partial charge in [0.25, 0.3) is 5.91 Å². The number of hydrogen-bond acceptors (Lipinski definition) is 4. The van der Waals surface area contributed by atoms with Gasteiger partial charge in [0.1, 0.15) is 24.0 Å². The van der Waals surface area contributed by atoms with E-state index in [4.69, 9.17) is 4.74 Å². The molecular formula is C24H14BrI2N3O2. The van der Waals surface area contributed by atoms with Crippen molar-refractivity contribution < 1.29 is 9.53 Å². The second-order valence-corrected chi connectivity index (χ2v) is 9.74. The Bertz CT molecular complexity index is 1250. The van der Waals surface area contributed by atoms with Crippen LogP contribution in [0.15, 0.2) is 70.7 Å². The normalized spacial score (nSPS) is 10.7. The van der Waals surface area contributed by atoms with Crippen LogP contribution in [0.4, 0.5) is 5.69 Å². The summed E-state index contributed by atoms with van der Waals surface area (Å²) >= 11 is 7.66. The lowest BCUT2D eigenvalue weighted by atomic mass is 10.1. The van der Waals surface area contributed by atoms with E-state index in [2.05, 4.69) is 72.5 Å². The molecule has 0 aliphatic carbocycles. The molecule has 5 nitrogen and oxygen atoms in total. The number of halogens is 3. The highest BCUT2D eigenvalue weighted by Gasteiger charge is 2.13. The van der Waals surface area contributed by atoms with Gasteiger partial charge in [0.15, 0.2) is 0 Å². The van der Waals surface area contributed by atoms with Gasteiger partial charge in [-0.25, -0.2) is 0 Å². The molecule has 0 bridgehead atoms. The van der Waals surface area contributed by atoms with Gasteiger partial charge in [-0.2, -0.15) is 10.5 Å². The monoisotopic (exact) mass is 709 g/mol. The predicted molar refractivity (Wildman–Crippen MR) is 144 cm³/mol. The Labute approximate surface area is 221 Å². The Morgan fingerprint density at radius 2 is 1.72 bits per heavy atom. The van der Waals surface area contributed by atoms with E-state index in [-0.39, 0.29) is 12.2 Å². The van der Waals surface area contributed by atoms with Crippen LogP contribution >= 0.6 is 61.1 Å². The fourth-order valence-corrected chi connectivity index (χ4v) is 5.14. The average molecular weight is 710 g/mol. The number of ether oxygens (including phenoxy) is 1. The van der Waals surface area contributed by atoms with E-state index in [1.165, 1.54) is 0 Å². The maximum atomic E-state index is 12.5. The Morgan fingerprint density at radius 3 is 2.34 bits per heavy atom. The molecule has 1 amide bonds. The van der Waals surface area contributed by atoms with Crippen LogP contribution in [0, 0.1) is 29.8 Å². The van der Waals surface area contributed by atoms with Crippen LogP contribution < -0.4 is 10.1 Å². The van der Waals surface area contributed by atoms with Crippen LogP contribution in [0.2, 0.25) is 0 Å². The molecule has 0 radical (unpaired) electrons. The van der Waals surface area contributed by atoms with Crippen molar-refractivity contribution in [2.45, 2.75) is 6.61 Å². The molecule has 0 saturated carbocycles. The number of nitrogens with zero attached hydrogens (tertiary/aromatic N) is 2. The lowest BCUT2D eigenvalue weighted by molar-refractivity contribution is -0.112. The summed E-state index contributed by atoms with van der Waals surface area (Å²) in [7, 11) is 0. The molecule has 0 atom stereocenters. The molecule has 8 heteroatoms. The van der Waals surface area contributed by atoms with Crippen molar-refractivity contribution in [3.63, 3.8) is 0 Å². The summed E-state index contributed by atoms with van der Waals surface area (Å²) < 4.78 is 8.55. The third-order valence-electron chi connectivity index (χ3n) is 4.31. The van der Waals surface area contributed by atoms with Gasteiger partial charge in [-0.1, -0.05) is 34.1 Å². The maximum Gasteiger partial charge on any atom is 0.266 e. The molecule has 0 aliphatic rings. The molecule has 3 rings (SSSR count). The van der Waals surface area contributed by atoms with E-state index in [1.807, 2.05) is 48.5 Å². The number of carbonyl (C=O) groups is 1. The smallest absolute Gasteiger partial charge is 0.266 e. The Kier molecular flexibility index (Phi) is 8.67. The topological polar surface area (TPSA) is 85.9 Å². The number of rotatable bonds is 6. The maximum absolute atomic E-state index is 12.5. The molecular weight excluding hydrogens is 696 g/mol. The van der Waals surface area contributed by atoms with Crippen LogP contribution in [0.25, 0.3) is 6.08 Å². The van der Waals surface area contributed by atoms with Crippen LogP contribution in [0.5, 0.6) is 5.75 Å². The summed E-state index contributed by atoms with van der Waals surface area (Å²) in [5.41, 5.74) is 2.70. The van der Waals surface area contributed by atoms with Crippen molar-refractivity contribution >= 4 is 78.8 Å². The van der Waals surface area contributed by atoms with E-state index in [1.54, 1.807) is 24.3 Å². The molecule has 0 spiro atoms. The summed E-state index contributed by atoms with van der Waals surface area (Å²) in [6, 6.07) is 22.2. The van der Waals surface area contributed by atoms with Crippen LogP contribution in [0.1, 0.15) is 16.7 Å². The second kappa shape index (κ2) is 11.5. The summed E-state index contributed by atoms with van der Waals surface area (Å²) in [6.07, 6.45) is 1.55. The first-order valence-electron chi connectivity index (χ1n) is 9.20. The number of nitriles is 2. The third kappa shape index (κ3) is 6.31. The minimum absolute atomic E-state index is 0.00358. The Hall–Kier alpha value is -2.41. The summed E-state index contributed by atoms with van der Waals surface area (Å²) in [4.78, 5) is 12.5. The van der Waals surface area contributed by atoms with Crippen molar-refractivity contribution in [1.29, 1.82) is 10.5 Å². The average Bonchev–Trinajstić information content (AvgIpc) is 2.78. The molecule has 0 saturated heterocycles. The second-order valence-electron chi connectivity index (χ2n) is 6.50. The van der Waals surface area contributed by atoms with Gasteiger partial charge >= 0.3 is 0 Å². The quantitative estimate of drug-likeness (QED) is 0.176. The zero-order valence-corrected chi connectivity index (χ0v) is 22.3. The Morgan fingerprint density at radius 1 is 1.06 bits per heavy atom. The summed E-state index contributed by atoms with van der Waals surface area (Å²) in [5, 5.41) is 21.5. The first kappa shape index (κ1) is 24.2. The van der Waals surface area contributed by atoms with Crippen molar-refractivity contribution in [3.8, 4) is 17.9 Å². The first-order valence-corrected chi connectivity index (χ1v) is 12.1. The van der Waals surface area contributed by atoms with E-state index < -0.39 is 5.91 Å². The van der Waals surface area contributed by atoms with E-state index >= 15 is 0 Å². The minimum atomic E-state index is -0.478. The number of carbonyl (C=O) groups excluding carboxylic acids is 1. The lowest BCUT2D eigenvalue weighted by Crippen LogP contribution is -2.13. The SMILES string of the molecule is N#C/C(=C/c1cc(I)c(OCc2ccccc2C#N)c(I)c1)C(=O)Nc1ccc(Br)cc1. The van der Waals surface area contributed by atoms with Gasteiger partial charge in [-0.05, 0) is 99.3 Å². The van der Waals surface area contributed by atoms with Gasteiger partial charge in [-0.3, -0.25) is 4.79 Å². The number of benzene rings is 3. The molecule has 0 aliphatic heterocycles. The zero-order valence-electron chi connectivity index (χ0n) is 16.4. The molecule has 0 heterocycles. The fraction of sp³-hybridized carbons (Fsp3) is 0.0417. The van der Waals surface area contributed by atoms with E-state index in [9.17, 15) is 15.3 Å². The van der Waals surface area contributed by atoms with Gasteiger partial charge in [0, 0.05) is 15.7 Å². The Balaban J connectivity index is 1.78. The highest BCUT2D eigenvalue weighted by Crippen LogP contribution is 2.31. The first-order chi connectivity index (χ1) is 15.4. The van der Waals surface area contributed by atoms with Gasteiger partial charge in [0.05, 0.1) is 18.8 Å². The molecule has 0 unspecified atom stereocenters. The van der Waals surface area contributed by atoms with Gasteiger partial charge < -0.3 is 10.1 Å². The standard InChI is InChI=1S/C24H14BrI2N3O2/c25-19-5-7-20(8-6-19)30-24(31)18(13-29)9-15-10-21(26)23(22(27)11-15)32-14-17-4-2-1-3-16(17)12-28/h1-11H,14H2,(H,30,31)/b18-9-. The molecule has 0 aromatic heterocycles.